The molecule has 21 heavy (non-hydrogen) atoms. The molecule has 0 aromatic rings. The number of aliphatic carboxylic acids is 1. The van der Waals surface area contributed by atoms with E-state index in [1.165, 1.54) is 0 Å². The Bertz CT molecular complexity index is 474. The summed E-state index contributed by atoms with van der Waals surface area (Å²) in [6.45, 7) is 6.38. The SMILES string of the molecule is CCOC1CC(N)(C(=O)NC2C=CC(C(=O)O)C2)C1(C)C. The van der Waals surface area contributed by atoms with Crippen LogP contribution in [0.1, 0.15) is 33.6 Å². The quantitative estimate of drug-likeness (QED) is 0.647. The van der Waals surface area contributed by atoms with Crippen molar-refractivity contribution in [2.45, 2.75) is 51.3 Å². The zero-order valence-electron chi connectivity index (χ0n) is 12.8. The van der Waals surface area contributed by atoms with Gasteiger partial charge in [-0.3, -0.25) is 9.59 Å². The number of carbonyl (C=O) groups is 2. The largest absolute Gasteiger partial charge is 0.481 e. The molecule has 0 heterocycles. The fourth-order valence-electron chi connectivity index (χ4n) is 3.11. The molecule has 4 atom stereocenters. The second-order valence-electron chi connectivity index (χ2n) is 6.49. The van der Waals surface area contributed by atoms with E-state index in [-0.39, 0.29) is 18.1 Å². The maximum Gasteiger partial charge on any atom is 0.310 e. The predicted octanol–water partition coefficient (Wildman–Crippen LogP) is 0.664. The van der Waals surface area contributed by atoms with Crippen LogP contribution in [0.4, 0.5) is 0 Å². The molecule has 0 aromatic heterocycles. The predicted molar refractivity (Wildman–Crippen MR) is 77.5 cm³/mol. The molecule has 0 bridgehead atoms. The van der Waals surface area contributed by atoms with Gasteiger partial charge >= 0.3 is 5.97 Å². The number of nitrogens with two attached hydrogens (primary N) is 1. The summed E-state index contributed by atoms with van der Waals surface area (Å²) in [6.07, 6.45) is 4.19. The van der Waals surface area contributed by atoms with Gasteiger partial charge in [0.05, 0.1) is 12.0 Å². The van der Waals surface area contributed by atoms with Gasteiger partial charge in [-0.05, 0) is 13.3 Å². The van der Waals surface area contributed by atoms with Crippen molar-refractivity contribution in [3.8, 4) is 0 Å². The lowest BCUT2D eigenvalue weighted by atomic mass is 9.54. The molecule has 0 spiro atoms. The first-order valence-corrected chi connectivity index (χ1v) is 7.35. The van der Waals surface area contributed by atoms with Gasteiger partial charge in [-0.15, -0.1) is 0 Å². The van der Waals surface area contributed by atoms with Gasteiger partial charge in [0.1, 0.15) is 5.54 Å². The molecular formula is C15H24N2O4. The summed E-state index contributed by atoms with van der Waals surface area (Å²) in [6, 6.07) is -0.263. The smallest absolute Gasteiger partial charge is 0.310 e. The molecule has 2 rings (SSSR count). The van der Waals surface area contributed by atoms with Crippen molar-refractivity contribution in [1.82, 2.24) is 5.32 Å². The van der Waals surface area contributed by atoms with E-state index in [2.05, 4.69) is 5.32 Å². The minimum atomic E-state index is -0.970. The van der Waals surface area contributed by atoms with Crippen LogP contribution in [0.2, 0.25) is 0 Å². The summed E-state index contributed by atoms with van der Waals surface area (Å²) in [5.41, 5.74) is 4.87. The summed E-state index contributed by atoms with van der Waals surface area (Å²) < 4.78 is 5.61. The van der Waals surface area contributed by atoms with Gasteiger partial charge in [0.15, 0.2) is 0 Å². The Labute approximate surface area is 124 Å². The van der Waals surface area contributed by atoms with Crippen LogP contribution in [0.15, 0.2) is 12.2 Å². The summed E-state index contributed by atoms with van der Waals surface area (Å²) in [5.74, 6) is -1.63. The highest BCUT2D eigenvalue weighted by atomic mass is 16.5. The Morgan fingerprint density at radius 3 is 2.57 bits per heavy atom. The van der Waals surface area contributed by atoms with Gasteiger partial charge in [-0.1, -0.05) is 26.0 Å². The minimum Gasteiger partial charge on any atom is -0.481 e. The second kappa shape index (κ2) is 5.42. The Balaban J connectivity index is 1.96. The van der Waals surface area contributed by atoms with Crippen LogP contribution in [0.25, 0.3) is 0 Å². The number of amides is 1. The highest BCUT2D eigenvalue weighted by Crippen LogP contribution is 2.49. The Morgan fingerprint density at radius 2 is 2.10 bits per heavy atom. The Hall–Kier alpha value is -1.40. The fraction of sp³-hybridized carbons (Fsp3) is 0.733. The van der Waals surface area contributed by atoms with Crippen LogP contribution in [0.3, 0.4) is 0 Å². The molecule has 0 aliphatic heterocycles. The summed E-state index contributed by atoms with van der Waals surface area (Å²) in [4.78, 5) is 23.4. The molecule has 1 fully saturated rings. The lowest BCUT2D eigenvalue weighted by molar-refractivity contribution is -0.171. The zero-order valence-corrected chi connectivity index (χ0v) is 12.8. The van der Waals surface area contributed by atoms with Crippen molar-refractivity contribution in [3.05, 3.63) is 12.2 Å². The topological polar surface area (TPSA) is 102 Å². The lowest BCUT2D eigenvalue weighted by Gasteiger charge is -2.57. The monoisotopic (exact) mass is 296 g/mol. The molecular weight excluding hydrogens is 272 g/mol. The average Bonchev–Trinajstić information content (AvgIpc) is 2.86. The van der Waals surface area contributed by atoms with E-state index < -0.39 is 22.8 Å². The Kier molecular flexibility index (Phi) is 4.13. The third kappa shape index (κ3) is 2.58. The number of carbonyl (C=O) groups excluding carboxylic acids is 1. The highest BCUT2D eigenvalue weighted by molar-refractivity contribution is 5.89. The maximum atomic E-state index is 12.5. The standard InChI is InChI=1S/C15H24N2O4/c1-4-21-11-8-15(16,14(11,2)3)13(20)17-10-6-5-9(7-10)12(18)19/h5-6,9-11H,4,7-8,16H2,1-3H3,(H,17,20)(H,18,19). The zero-order chi connectivity index (χ0) is 15.8. The second-order valence-corrected chi connectivity index (χ2v) is 6.49. The molecule has 118 valence electrons. The van der Waals surface area contributed by atoms with Crippen molar-refractivity contribution in [2.75, 3.05) is 6.61 Å². The number of carboxylic acids is 1. The van der Waals surface area contributed by atoms with Gasteiger partial charge < -0.3 is 20.9 Å². The van der Waals surface area contributed by atoms with Crippen LogP contribution in [0.5, 0.6) is 0 Å². The number of nitrogens with one attached hydrogen (secondary N) is 1. The molecule has 4 N–H and O–H groups in total. The Morgan fingerprint density at radius 1 is 1.43 bits per heavy atom. The van der Waals surface area contributed by atoms with E-state index in [1.54, 1.807) is 12.2 Å². The first-order chi connectivity index (χ1) is 9.72. The molecule has 0 radical (unpaired) electrons. The lowest BCUT2D eigenvalue weighted by Crippen LogP contribution is -2.76. The molecule has 6 nitrogen and oxygen atoms in total. The first kappa shape index (κ1) is 16.0. The normalized spacial score (nSPS) is 37.0. The van der Waals surface area contributed by atoms with Gasteiger partial charge in [0.25, 0.3) is 0 Å². The van der Waals surface area contributed by atoms with Crippen molar-refractivity contribution in [3.63, 3.8) is 0 Å². The molecule has 2 aliphatic rings. The maximum absolute atomic E-state index is 12.5. The van der Waals surface area contributed by atoms with Gasteiger partial charge in [-0.2, -0.15) is 0 Å². The molecule has 0 saturated heterocycles. The van der Waals surface area contributed by atoms with Crippen LogP contribution >= 0.6 is 0 Å². The van der Waals surface area contributed by atoms with E-state index in [1.807, 2.05) is 20.8 Å². The molecule has 1 amide bonds. The van der Waals surface area contributed by atoms with Crippen molar-refractivity contribution in [1.29, 1.82) is 0 Å². The number of carboxylic acid groups (broad SMARTS) is 1. The summed E-state index contributed by atoms with van der Waals surface area (Å²) >= 11 is 0. The van der Waals surface area contributed by atoms with Crippen molar-refractivity contribution >= 4 is 11.9 Å². The number of hydrogen-bond donors (Lipinski definition) is 3. The van der Waals surface area contributed by atoms with E-state index in [0.717, 1.165) is 0 Å². The third-order valence-electron chi connectivity index (χ3n) is 4.95. The van der Waals surface area contributed by atoms with Crippen molar-refractivity contribution in [2.24, 2.45) is 17.1 Å². The van der Waals surface area contributed by atoms with Crippen LogP contribution in [0, 0.1) is 11.3 Å². The summed E-state index contributed by atoms with van der Waals surface area (Å²) in [7, 11) is 0. The molecule has 1 saturated carbocycles. The van der Waals surface area contributed by atoms with Gasteiger partial charge in [-0.25, -0.2) is 0 Å². The third-order valence-corrected chi connectivity index (χ3v) is 4.95. The van der Waals surface area contributed by atoms with E-state index >= 15 is 0 Å². The van der Waals surface area contributed by atoms with Crippen LogP contribution in [-0.2, 0) is 14.3 Å². The van der Waals surface area contributed by atoms with E-state index in [0.29, 0.717) is 19.4 Å². The van der Waals surface area contributed by atoms with E-state index in [4.69, 9.17) is 15.6 Å². The first-order valence-electron chi connectivity index (χ1n) is 7.35. The van der Waals surface area contributed by atoms with Crippen LogP contribution in [-0.4, -0.2) is 41.3 Å². The number of rotatable bonds is 5. The molecule has 6 heteroatoms. The van der Waals surface area contributed by atoms with Gasteiger partial charge in [0, 0.05) is 24.5 Å². The number of hydrogen-bond acceptors (Lipinski definition) is 4. The average molecular weight is 296 g/mol. The van der Waals surface area contributed by atoms with Crippen molar-refractivity contribution < 1.29 is 19.4 Å². The number of ether oxygens (including phenoxy) is 1. The minimum absolute atomic E-state index is 0.0239. The summed E-state index contributed by atoms with van der Waals surface area (Å²) in [5, 5.41) is 11.8. The van der Waals surface area contributed by atoms with E-state index in [9.17, 15) is 9.59 Å². The highest BCUT2D eigenvalue weighted by Gasteiger charge is 2.63. The van der Waals surface area contributed by atoms with Crippen LogP contribution < -0.4 is 11.1 Å². The molecule has 2 aliphatic carbocycles. The fourth-order valence-corrected chi connectivity index (χ4v) is 3.11. The molecule has 0 aromatic carbocycles. The van der Waals surface area contributed by atoms with Gasteiger partial charge in [0.2, 0.25) is 5.91 Å². The molecule has 4 unspecified atom stereocenters.